The lowest BCUT2D eigenvalue weighted by atomic mass is 10.0. The van der Waals surface area contributed by atoms with Crippen molar-refractivity contribution in [1.82, 2.24) is 9.80 Å². The largest absolute Gasteiger partial charge is 0.340 e. The molecule has 1 rings (SSSR count). The van der Waals surface area contributed by atoms with Crippen molar-refractivity contribution in [3.63, 3.8) is 0 Å². The first-order valence-corrected chi connectivity index (χ1v) is 7.24. The number of unbranched alkanes of at least 4 members (excludes halogenated alkanes) is 1. The topological polar surface area (TPSA) is 23.6 Å². The van der Waals surface area contributed by atoms with Crippen LogP contribution in [0.25, 0.3) is 0 Å². The lowest BCUT2D eigenvalue weighted by Crippen LogP contribution is -2.50. The number of hydrogen-bond donors (Lipinski definition) is 0. The van der Waals surface area contributed by atoms with Crippen LogP contribution in [0.2, 0.25) is 0 Å². The first kappa shape index (κ1) is 14.5. The van der Waals surface area contributed by atoms with E-state index in [-0.39, 0.29) is 5.92 Å². The lowest BCUT2D eigenvalue weighted by Gasteiger charge is -2.36. The quantitative estimate of drug-likeness (QED) is 0.711. The summed E-state index contributed by atoms with van der Waals surface area (Å²) >= 11 is 0. The van der Waals surface area contributed by atoms with Crippen LogP contribution in [0.1, 0.15) is 46.5 Å². The summed E-state index contributed by atoms with van der Waals surface area (Å²) in [6.07, 6.45) is 4.49. The molecule has 0 atom stereocenters. The van der Waals surface area contributed by atoms with Gasteiger partial charge in [0.05, 0.1) is 0 Å². The minimum absolute atomic E-state index is 0.247. The summed E-state index contributed by atoms with van der Waals surface area (Å²) in [7, 11) is 0. The highest BCUT2D eigenvalue weighted by Gasteiger charge is 2.24. The van der Waals surface area contributed by atoms with Crippen LogP contribution < -0.4 is 0 Å². The van der Waals surface area contributed by atoms with Crippen molar-refractivity contribution < 1.29 is 4.79 Å². The van der Waals surface area contributed by atoms with Crippen LogP contribution in [0.15, 0.2) is 0 Å². The molecule has 0 spiro atoms. The Morgan fingerprint density at radius 1 is 1.06 bits per heavy atom. The fourth-order valence-electron chi connectivity index (χ4n) is 2.47. The van der Waals surface area contributed by atoms with Crippen molar-refractivity contribution in [3.05, 3.63) is 0 Å². The third-order valence-corrected chi connectivity index (χ3v) is 3.85. The van der Waals surface area contributed by atoms with Gasteiger partial charge in [0.15, 0.2) is 0 Å². The summed E-state index contributed by atoms with van der Waals surface area (Å²) in [5.74, 6) is 0.627. The Morgan fingerprint density at radius 3 is 2.12 bits per heavy atom. The second-order valence-electron chi connectivity index (χ2n) is 5.03. The molecule has 1 fully saturated rings. The minimum atomic E-state index is 0.247. The molecule has 1 aliphatic rings. The molecule has 0 N–H and O–H groups in total. The molecule has 1 saturated heterocycles. The second kappa shape index (κ2) is 7.70. The monoisotopic (exact) mass is 240 g/mol. The zero-order chi connectivity index (χ0) is 12.7. The van der Waals surface area contributed by atoms with Gasteiger partial charge in [0.25, 0.3) is 0 Å². The van der Waals surface area contributed by atoms with E-state index in [0.717, 1.165) is 39.0 Å². The van der Waals surface area contributed by atoms with Crippen molar-refractivity contribution in [3.8, 4) is 0 Å². The summed E-state index contributed by atoms with van der Waals surface area (Å²) in [5, 5.41) is 0. The first-order valence-electron chi connectivity index (χ1n) is 7.24. The maximum Gasteiger partial charge on any atom is 0.225 e. The van der Waals surface area contributed by atoms with Crippen molar-refractivity contribution in [2.24, 2.45) is 5.92 Å². The van der Waals surface area contributed by atoms with Crippen molar-refractivity contribution >= 4 is 5.91 Å². The molecule has 0 bridgehead atoms. The number of piperazine rings is 1. The summed E-state index contributed by atoms with van der Waals surface area (Å²) in [6, 6.07) is 0. The third-order valence-electron chi connectivity index (χ3n) is 3.85. The van der Waals surface area contributed by atoms with Gasteiger partial charge in [0, 0.05) is 32.1 Å². The second-order valence-corrected chi connectivity index (χ2v) is 5.03. The minimum Gasteiger partial charge on any atom is -0.340 e. The molecule has 0 aromatic carbocycles. The summed E-state index contributed by atoms with van der Waals surface area (Å²) < 4.78 is 0. The molecule has 1 amide bonds. The van der Waals surface area contributed by atoms with E-state index in [1.165, 1.54) is 19.4 Å². The van der Waals surface area contributed by atoms with Crippen molar-refractivity contribution in [2.75, 3.05) is 32.7 Å². The van der Waals surface area contributed by atoms with E-state index in [1.807, 2.05) is 0 Å². The predicted molar refractivity (Wildman–Crippen MR) is 72.0 cm³/mol. The molecule has 0 aromatic heterocycles. The van der Waals surface area contributed by atoms with Crippen molar-refractivity contribution in [1.29, 1.82) is 0 Å². The Hall–Kier alpha value is -0.570. The van der Waals surface area contributed by atoms with Crippen LogP contribution in [-0.4, -0.2) is 48.4 Å². The number of amides is 1. The SMILES string of the molecule is CCCCN1CCN(C(=O)C(CC)CC)CC1. The van der Waals surface area contributed by atoms with Gasteiger partial charge in [-0.05, 0) is 25.8 Å². The smallest absolute Gasteiger partial charge is 0.225 e. The molecule has 1 heterocycles. The van der Waals surface area contributed by atoms with E-state index in [4.69, 9.17) is 0 Å². The van der Waals surface area contributed by atoms with E-state index in [9.17, 15) is 4.79 Å². The zero-order valence-electron chi connectivity index (χ0n) is 11.7. The van der Waals surface area contributed by atoms with Crippen LogP contribution in [0, 0.1) is 5.92 Å². The van der Waals surface area contributed by atoms with Crippen LogP contribution >= 0.6 is 0 Å². The van der Waals surface area contributed by atoms with Gasteiger partial charge >= 0.3 is 0 Å². The Morgan fingerprint density at radius 2 is 1.65 bits per heavy atom. The molecular weight excluding hydrogens is 212 g/mol. The number of rotatable bonds is 6. The predicted octanol–water partition coefficient (Wildman–Crippen LogP) is 2.37. The Labute approximate surface area is 106 Å². The van der Waals surface area contributed by atoms with Gasteiger partial charge < -0.3 is 4.90 Å². The molecule has 0 unspecified atom stereocenters. The van der Waals surface area contributed by atoms with E-state index in [2.05, 4.69) is 30.6 Å². The number of nitrogens with zero attached hydrogens (tertiary/aromatic N) is 2. The van der Waals surface area contributed by atoms with Crippen LogP contribution in [0.4, 0.5) is 0 Å². The highest BCUT2D eigenvalue weighted by molar-refractivity contribution is 5.78. The third kappa shape index (κ3) is 4.30. The van der Waals surface area contributed by atoms with Crippen molar-refractivity contribution in [2.45, 2.75) is 46.5 Å². The summed E-state index contributed by atoms with van der Waals surface area (Å²) in [5.41, 5.74) is 0. The van der Waals surface area contributed by atoms with E-state index in [0.29, 0.717) is 5.91 Å². The maximum absolute atomic E-state index is 12.2. The van der Waals surface area contributed by atoms with Crippen LogP contribution in [-0.2, 0) is 4.79 Å². The molecule has 0 aromatic rings. The highest BCUT2D eigenvalue weighted by Crippen LogP contribution is 2.14. The highest BCUT2D eigenvalue weighted by atomic mass is 16.2. The maximum atomic E-state index is 12.2. The van der Waals surface area contributed by atoms with E-state index in [1.54, 1.807) is 0 Å². The van der Waals surface area contributed by atoms with E-state index >= 15 is 0 Å². The number of carbonyl (C=O) groups is 1. The van der Waals surface area contributed by atoms with Crippen LogP contribution in [0.3, 0.4) is 0 Å². The average Bonchev–Trinajstić information content (AvgIpc) is 2.38. The molecule has 0 radical (unpaired) electrons. The van der Waals surface area contributed by atoms with Crippen LogP contribution in [0.5, 0.6) is 0 Å². The molecule has 17 heavy (non-hydrogen) atoms. The Bertz CT molecular complexity index is 218. The van der Waals surface area contributed by atoms with Gasteiger partial charge in [0.2, 0.25) is 5.91 Å². The molecular formula is C14H28N2O. The van der Waals surface area contributed by atoms with Gasteiger partial charge in [-0.15, -0.1) is 0 Å². The Balaban J connectivity index is 2.33. The first-order chi connectivity index (χ1) is 8.22. The van der Waals surface area contributed by atoms with E-state index < -0.39 is 0 Å². The lowest BCUT2D eigenvalue weighted by molar-refractivity contribution is -0.137. The normalized spacial score (nSPS) is 17.8. The van der Waals surface area contributed by atoms with Gasteiger partial charge in [-0.1, -0.05) is 27.2 Å². The number of hydrogen-bond acceptors (Lipinski definition) is 2. The molecule has 0 aliphatic carbocycles. The molecule has 100 valence electrons. The van der Waals surface area contributed by atoms with Gasteiger partial charge in [0.1, 0.15) is 0 Å². The molecule has 0 saturated carbocycles. The summed E-state index contributed by atoms with van der Waals surface area (Å²) in [6.45, 7) is 11.6. The Kier molecular flexibility index (Phi) is 6.56. The zero-order valence-corrected chi connectivity index (χ0v) is 11.7. The molecule has 3 nitrogen and oxygen atoms in total. The molecule has 1 aliphatic heterocycles. The standard InChI is InChI=1S/C14H28N2O/c1-4-7-8-15-9-11-16(12-10-15)14(17)13(5-2)6-3/h13H,4-12H2,1-3H3. The average molecular weight is 240 g/mol. The number of carbonyl (C=O) groups excluding carboxylic acids is 1. The molecule has 3 heteroatoms. The van der Waals surface area contributed by atoms with Gasteiger partial charge in [-0.25, -0.2) is 0 Å². The van der Waals surface area contributed by atoms with Gasteiger partial charge in [-0.3, -0.25) is 9.69 Å². The summed E-state index contributed by atoms with van der Waals surface area (Å²) in [4.78, 5) is 16.7. The fraction of sp³-hybridized carbons (Fsp3) is 0.929. The fourth-order valence-corrected chi connectivity index (χ4v) is 2.47. The van der Waals surface area contributed by atoms with Gasteiger partial charge in [-0.2, -0.15) is 0 Å².